The van der Waals surface area contributed by atoms with E-state index in [4.69, 9.17) is 16.3 Å². The Labute approximate surface area is 133 Å². The summed E-state index contributed by atoms with van der Waals surface area (Å²) in [5.41, 5.74) is 3.62. The predicted octanol–water partition coefficient (Wildman–Crippen LogP) is 4.10. The van der Waals surface area contributed by atoms with E-state index in [9.17, 15) is 5.11 Å². The van der Waals surface area contributed by atoms with Gasteiger partial charge in [-0.1, -0.05) is 11.6 Å². The highest BCUT2D eigenvalue weighted by Gasteiger charge is 2.23. The van der Waals surface area contributed by atoms with Gasteiger partial charge in [-0.25, -0.2) is 0 Å². The Morgan fingerprint density at radius 1 is 1.19 bits per heavy atom. The molecule has 0 amide bonds. The van der Waals surface area contributed by atoms with Crippen molar-refractivity contribution >= 4 is 22.9 Å². The molecule has 0 bridgehead atoms. The number of halogens is 1. The normalized spacial score (nSPS) is 17.4. The number of fused-ring (bicyclic) bond motifs is 2. The Balaban J connectivity index is 1.60. The molecule has 0 saturated carbocycles. The van der Waals surface area contributed by atoms with Crippen molar-refractivity contribution in [1.29, 1.82) is 0 Å². The van der Waals surface area contributed by atoms with E-state index in [0.29, 0.717) is 13.0 Å². The van der Waals surface area contributed by atoms with Crippen LogP contribution in [0.1, 0.15) is 39.0 Å². The van der Waals surface area contributed by atoms with Crippen molar-refractivity contribution in [3.8, 4) is 5.75 Å². The Kier molecular flexibility index (Phi) is 3.44. The molecule has 0 saturated heterocycles. The lowest BCUT2D eigenvalue weighted by Gasteiger charge is -2.13. The second-order valence-electron chi connectivity index (χ2n) is 5.82. The first-order valence-corrected chi connectivity index (χ1v) is 8.64. The number of hydrogen-bond donors (Lipinski definition) is 1. The molecule has 1 aromatic heterocycles. The van der Waals surface area contributed by atoms with Gasteiger partial charge >= 0.3 is 0 Å². The fourth-order valence-electron chi connectivity index (χ4n) is 3.32. The van der Waals surface area contributed by atoms with Gasteiger partial charge in [0.1, 0.15) is 5.75 Å². The van der Waals surface area contributed by atoms with Crippen LogP contribution in [0.2, 0.25) is 5.02 Å². The standard InChI is InChI=1S/C17H17ClO2S/c18-13-6-11-4-5-20-17(11)12(7-13)8-14(19)16-9-10-2-1-3-15(10)21-16/h6-7,9,14,19H,1-5,8H2. The molecule has 2 nitrogen and oxygen atoms in total. The molecule has 0 fully saturated rings. The van der Waals surface area contributed by atoms with Gasteiger partial charge in [-0.05, 0) is 54.2 Å². The monoisotopic (exact) mass is 320 g/mol. The topological polar surface area (TPSA) is 29.5 Å². The quantitative estimate of drug-likeness (QED) is 0.922. The molecule has 0 radical (unpaired) electrons. The van der Waals surface area contributed by atoms with E-state index in [1.54, 1.807) is 11.3 Å². The van der Waals surface area contributed by atoms with Crippen LogP contribution in [-0.2, 0) is 25.7 Å². The van der Waals surface area contributed by atoms with Crippen LogP contribution in [0.25, 0.3) is 0 Å². The SMILES string of the molecule is OC(Cc1cc(Cl)cc2c1OCC2)c1cc2c(s1)CCC2. The summed E-state index contributed by atoms with van der Waals surface area (Å²) in [7, 11) is 0. The first kappa shape index (κ1) is 13.6. The van der Waals surface area contributed by atoms with E-state index in [2.05, 4.69) is 6.07 Å². The average Bonchev–Trinajstić information content (AvgIpc) is 3.12. The zero-order valence-corrected chi connectivity index (χ0v) is 13.3. The summed E-state index contributed by atoms with van der Waals surface area (Å²) in [5, 5.41) is 11.3. The van der Waals surface area contributed by atoms with Crippen molar-refractivity contribution in [2.24, 2.45) is 0 Å². The molecule has 1 aliphatic carbocycles. The molecule has 1 aliphatic heterocycles. The summed E-state index contributed by atoms with van der Waals surface area (Å²) < 4.78 is 5.72. The molecule has 2 aromatic rings. The highest BCUT2D eigenvalue weighted by atomic mass is 35.5. The number of benzene rings is 1. The number of aryl methyl sites for hydroxylation is 2. The van der Waals surface area contributed by atoms with Crippen LogP contribution >= 0.6 is 22.9 Å². The lowest BCUT2D eigenvalue weighted by atomic mass is 10.0. The van der Waals surface area contributed by atoms with E-state index in [1.807, 2.05) is 12.1 Å². The maximum Gasteiger partial charge on any atom is 0.126 e. The summed E-state index contributed by atoms with van der Waals surface area (Å²) in [5.74, 6) is 0.933. The minimum atomic E-state index is -0.465. The number of aliphatic hydroxyl groups is 1. The summed E-state index contributed by atoms with van der Waals surface area (Å²) in [6.07, 6.45) is 4.60. The summed E-state index contributed by atoms with van der Waals surface area (Å²) >= 11 is 7.95. The van der Waals surface area contributed by atoms with E-state index in [1.165, 1.54) is 28.8 Å². The van der Waals surface area contributed by atoms with Crippen LogP contribution in [-0.4, -0.2) is 11.7 Å². The number of aliphatic hydroxyl groups excluding tert-OH is 1. The Morgan fingerprint density at radius 2 is 2.10 bits per heavy atom. The Hall–Kier alpha value is -1.03. The molecule has 1 aromatic carbocycles. The fourth-order valence-corrected chi connectivity index (χ4v) is 4.83. The van der Waals surface area contributed by atoms with Crippen molar-refractivity contribution in [3.05, 3.63) is 49.7 Å². The predicted molar refractivity (Wildman–Crippen MR) is 85.7 cm³/mol. The molecule has 4 heteroatoms. The van der Waals surface area contributed by atoms with E-state index in [0.717, 1.165) is 34.1 Å². The first-order chi connectivity index (χ1) is 10.2. The smallest absolute Gasteiger partial charge is 0.126 e. The Morgan fingerprint density at radius 3 is 2.95 bits per heavy atom. The maximum absolute atomic E-state index is 10.6. The molecule has 0 spiro atoms. The van der Waals surface area contributed by atoms with Crippen molar-refractivity contribution < 1.29 is 9.84 Å². The van der Waals surface area contributed by atoms with Crippen molar-refractivity contribution in [1.82, 2.24) is 0 Å². The van der Waals surface area contributed by atoms with Gasteiger partial charge in [0.15, 0.2) is 0 Å². The van der Waals surface area contributed by atoms with Gasteiger partial charge in [0.05, 0.1) is 12.7 Å². The highest BCUT2D eigenvalue weighted by Crippen LogP contribution is 2.38. The van der Waals surface area contributed by atoms with Crippen LogP contribution < -0.4 is 4.74 Å². The lowest BCUT2D eigenvalue weighted by Crippen LogP contribution is -2.02. The maximum atomic E-state index is 10.6. The van der Waals surface area contributed by atoms with Gasteiger partial charge in [0.25, 0.3) is 0 Å². The van der Waals surface area contributed by atoms with Crippen molar-refractivity contribution in [2.45, 2.75) is 38.2 Å². The van der Waals surface area contributed by atoms with E-state index < -0.39 is 6.10 Å². The van der Waals surface area contributed by atoms with Crippen molar-refractivity contribution in [3.63, 3.8) is 0 Å². The number of ether oxygens (including phenoxy) is 1. The Bertz CT molecular complexity index is 671. The molecule has 1 atom stereocenters. The van der Waals surface area contributed by atoms with Gasteiger partial charge in [-0.15, -0.1) is 11.3 Å². The third kappa shape index (κ3) is 2.48. The van der Waals surface area contributed by atoms with Gasteiger partial charge in [-0.2, -0.15) is 0 Å². The second-order valence-corrected chi connectivity index (χ2v) is 7.43. The molecular weight excluding hydrogens is 304 g/mol. The molecule has 4 rings (SSSR count). The van der Waals surface area contributed by atoms with Crippen LogP contribution in [0.5, 0.6) is 5.75 Å². The minimum Gasteiger partial charge on any atom is -0.493 e. The zero-order valence-electron chi connectivity index (χ0n) is 11.7. The third-order valence-corrected chi connectivity index (χ3v) is 5.89. The summed E-state index contributed by atoms with van der Waals surface area (Å²) in [6.45, 7) is 0.714. The summed E-state index contributed by atoms with van der Waals surface area (Å²) in [6, 6.07) is 6.08. The van der Waals surface area contributed by atoms with Crippen LogP contribution in [0, 0.1) is 0 Å². The number of rotatable bonds is 3. The molecule has 110 valence electrons. The number of hydrogen-bond acceptors (Lipinski definition) is 3. The largest absolute Gasteiger partial charge is 0.493 e. The number of thiophene rings is 1. The third-order valence-electron chi connectivity index (χ3n) is 4.33. The average molecular weight is 321 g/mol. The lowest BCUT2D eigenvalue weighted by molar-refractivity contribution is 0.181. The van der Waals surface area contributed by atoms with Gasteiger partial charge in [0, 0.05) is 27.6 Å². The van der Waals surface area contributed by atoms with Crippen molar-refractivity contribution in [2.75, 3.05) is 6.61 Å². The van der Waals surface area contributed by atoms with Crippen LogP contribution in [0.4, 0.5) is 0 Å². The van der Waals surface area contributed by atoms with Gasteiger partial charge < -0.3 is 9.84 Å². The first-order valence-electron chi connectivity index (χ1n) is 7.44. The highest BCUT2D eigenvalue weighted by molar-refractivity contribution is 7.12. The minimum absolute atomic E-state index is 0.465. The van der Waals surface area contributed by atoms with Crippen LogP contribution in [0.3, 0.4) is 0 Å². The van der Waals surface area contributed by atoms with Crippen LogP contribution in [0.15, 0.2) is 18.2 Å². The summed E-state index contributed by atoms with van der Waals surface area (Å²) in [4.78, 5) is 2.53. The van der Waals surface area contributed by atoms with E-state index in [-0.39, 0.29) is 0 Å². The van der Waals surface area contributed by atoms with Gasteiger partial charge in [-0.3, -0.25) is 0 Å². The second kappa shape index (κ2) is 5.31. The van der Waals surface area contributed by atoms with E-state index >= 15 is 0 Å². The molecule has 2 heterocycles. The fraction of sp³-hybridized carbons (Fsp3) is 0.412. The molecule has 2 aliphatic rings. The zero-order chi connectivity index (χ0) is 14.4. The molecule has 1 N–H and O–H groups in total. The van der Waals surface area contributed by atoms with Gasteiger partial charge in [0.2, 0.25) is 0 Å². The molecule has 1 unspecified atom stereocenters. The molecular formula is C17H17ClO2S. The molecule has 21 heavy (non-hydrogen) atoms.